The SMILES string of the molecule is CCC(C)CC(N)CC12CC3CC(CC(C3)C1)C2. The van der Waals surface area contributed by atoms with Gasteiger partial charge in [0.2, 0.25) is 0 Å². The van der Waals surface area contributed by atoms with Crippen LogP contribution >= 0.6 is 0 Å². The largest absolute Gasteiger partial charge is 0.328 e. The lowest BCUT2D eigenvalue weighted by Gasteiger charge is -2.57. The van der Waals surface area contributed by atoms with E-state index in [1.165, 1.54) is 38.5 Å². The molecule has 1 heteroatoms. The Morgan fingerprint density at radius 2 is 1.56 bits per heavy atom. The van der Waals surface area contributed by atoms with Crippen molar-refractivity contribution in [2.75, 3.05) is 0 Å². The van der Waals surface area contributed by atoms with E-state index >= 15 is 0 Å². The van der Waals surface area contributed by atoms with Crippen molar-refractivity contribution in [3.05, 3.63) is 0 Å². The summed E-state index contributed by atoms with van der Waals surface area (Å²) in [5.41, 5.74) is 7.15. The maximum absolute atomic E-state index is 6.47. The molecule has 0 aromatic rings. The fourth-order valence-electron chi connectivity index (χ4n) is 5.86. The van der Waals surface area contributed by atoms with Gasteiger partial charge < -0.3 is 5.73 Å². The third-order valence-electron chi connectivity index (χ3n) is 6.26. The smallest absolute Gasteiger partial charge is 0.00466 e. The molecule has 2 atom stereocenters. The molecule has 0 radical (unpaired) electrons. The summed E-state index contributed by atoms with van der Waals surface area (Å²) in [5, 5.41) is 0. The zero-order chi connectivity index (χ0) is 12.8. The minimum absolute atomic E-state index is 0.469. The molecule has 4 rings (SSSR count). The first-order valence-electron chi connectivity index (χ1n) is 8.34. The van der Waals surface area contributed by atoms with Crippen molar-refractivity contribution < 1.29 is 0 Å². The van der Waals surface area contributed by atoms with E-state index in [4.69, 9.17) is 5.73 Å². The summed E-state index contributed by atoms with van der Waals surface area (Å²) in [4.78, 5) is 0. The van der Waals surface area contributed by atoms with Crippen molar-refractivity contribution in [1.82, 2.24) is 0 Å². The first-order chi connectivity index (χ1) is 8.58. The van der Waals surface area contributed by atoms with Crippen molar-refractivity contribution in [2.24, 2.45) is 34.8 Å². The van der Waals surface area contributed by atoms with Crippen LogP contribution in [0, 0.1) is 29.1 Å². The van der Waals surface area contributed by atoms with Crippen LogP contribution in [-0.2, 0) is 0 Å². The van der Waals surface area contributed by atoms with Crippen molar-refractivity contribution in [1.29, 1.82) is 0 Å². The van der Waals surface area contributed by atoms with Gasteiger partial charge >= 0.3 is 0 Å². The molecule has 4 aliphatic rings. The summed E-state index contributed by atoms with van der Waals surface area (Å²) in [6, 6.07) is 0.469. The predicted octanol–water partition coefficient (Wildman–Crippen LogP) is 4.36. The Morgan fingerprint density at radius 1 is 1.06 bits per heavy atom. The van der Waals surface area contributed by atoms with Crippen molar-refractivity contribution in [3.63, 3.8) is 0 Å². The minimum Gasteiger partial charge on any atom is -0.328 e. The van der Waals surface area contributed by atoms with Crippen LogP contribution in [0.15, 0.2) is 0 Å². The van der Waals surface area contributed by atoms with E-state index in [9.17, 15) is 0 Å². The van der Waals surface area contributed by atoms with Crippen LogP contribution < -0.4 is 5.73 Å². The van der Waals surface area contributed by atoms with Gasteiger partial charge in [0, 0.05) is 6.04 Å². The molecule has 0 aromatic carbocycles. The Balaban J connectivity index is 1.61. The van der Waals surface area contributed by atoms with Gasteiger partial charge in [-0.1, -0.05) is 20.3 Å². The lowest BCUT2D eigenvalue weighted by atomic mass is 9.48. The monoisotopic (exact) mass is 249 g/mol. The number of hydrogen-bond donors (Lipinski definition) is 1. The second kappa shape index (κ2) is 4.81. The second-order valence-electron chi connectivity index (χ2n) is 8.13. The molecule has 0 heterocycles. The number of rotatable bonds is 5. The molecular formula is C17H31N. The lowest BCUT2D eigenvalue weighted by molar-refractivity contribution is -0.0611. The summed E-state index contributed by atoms with van der Waals surface area (Å²) < 4.78 is 0. The molecule has 4 saturated carbocycles. The summed E-state index contributed by atoms with van der Waals surface area (Å²) in [6.07, 6.45) is 13.1. The van der Waals surface area contributed by atoms with Gasteiger partial charge in [0.1, 0.15) is 0 Å². The van der Waals surface area contributed by atoms with Gasteiger partial charge in [0.15, 0.2) is 0 Å². The van der Waals surface area contributed by atoms with Crippen LogP contribution in [0.25, 0.3) is 0 Å². The zero-order valence-electron chi connectivity index (χ0n) is 12.3. The van der Waals surface area contributed by atoms with E-state index in [1.54, 1.807) is 19.3 Å². The molecule has 104 valence electrons. The normalized spacial score (nSPS) is 45.2. The number of nitrogens with two attached hydrogens (primary N) is 1. The standard InChI is InChI=1S/C17H31N/c1-3-12(2)4-16(18)11-17-8-13-5-14(9-17)7-15(6-13)10-17/h12-16H,3-11,18H2,1-2H3. The van der Waals surface area contributed by atoms with Crippen molar-refractivity contribution in [3.8, 4) is 0 Å². The maximum atomic E-state index is 6.47. The average molecular weight is 249 g/mol. The van der Waals surface area contributed by atoms with Gasteiger partial charge in [-0.2, -0.15) is 0 Å². The van der Waals surface area contributed by atoms with E-state index in [1.807, 2.05) is 0 Å². The predicted molar refractivity (Wildman–Crippen MR) is 77.3 cm³/mol. The highest BCUT2D eigenvalue weighted by Crippen LogP contribution is 2.61. The van der Waals surface area contributed by atoms with Gasteiger partial charge in [0.25, 0.3) is 0 Å². The second-order valence-corrected chi connectivity index (χ2v) is 8.13. The van der Waals surface area contributed by atoms with E-state index in [-0.39, 0.29) is 0 Å². The lowest BCUT2D eigenvalue weighted by Crippen LogP contribution is -2.48. The summed E-state index contributed by atoms with van der Waals surface area (Å²) >= 11 is 0. The highest BCUT2D eigenvalue weighted by Gasteiger charge is 2.50. The Hall–Kier alpha value is -0.0400. The van der Waals surface area contributed by atoms with E-state index in [0.29, 0.717) is 11.5 Å². The Labute approximate surface area is 113 Å². The summed E-state index contributed by atoms with van der Waals surface area (Å²) in [7, 11) is 0. The summed E-state index contributed by atoms with van der Waals surface area (Å²) in [6.45, 7) is 4.65. The molecule has 0 saturated heterocycles. The van der Waals surface area contributed by atoms with Gasteiger partial charge in [-0.05, 0) is 80.5 Å². The Kier molecular flexibility index (Phi) is 3.47. The molecule has 4 aliphatic carbocycles. The van der Waals surface area contributed by atoms with Crippen LogP contribution in [0.2, 0.25) is 0 Å². The summed E-state index contributed by atoms with van der Waals surface area (Å²) in [5.74, 6) is 4.04. The Morgan fingerprint density at radius 3 is 2.00 bits per heavy atom. The molecule has 4 bridgehead atoms. The van der Waals surface area contributed by atoms with Gasteiger partial charge in [-0.25, -0.2) is 0 Å². The number of hydrogen-bond acceptors (Lipinski definition) is 1. The molecule has 0 aromatic heterocycles. The molecular weight excluding hydrogens is 218 g/mol. The van der Waals surface area contributed by atoms with Gasteiger partial charge in [-0.3, -0.25) is 0 Å². The molecule has 1 nitrogen and oxygen atoms in total. The van der Waals surface area contributed by atoms with E-state index in [2.05, 4.69) is 13.8 Å². The topological polar surface area (TPSA) is 26.0 Å². The van der Waals surface area contributed by atoms with E-state index < -0.39 is 0 Å². The van der Waals surface area contributed by atoms with Gasteiger partial charge in [0.05, 0.1) is 0 Å². The van der Waals surface area contributed by atoms with Crippen LogP contribution in [0.3, 0.4) is 0 Å². The fraction of sp³-hybridized carbons (Fsp3) is 1.00. The van der Waals surface area contributed by atoms with Crippen molar-refractivity contribution >= 4 is 0 Å². The molecule has 2 N–H and O–H groups in total. The molecule has 4 fully saturated rings. The molecule has 2 unspecified atom stereocenters. The zero-order valence-corrected chi connectivity index (χ0v) is 12.3. The molecule has 0 aliphatic heterocycles. The van der Waals surface area contributed by atoms with Crippen LogP contribution in [-0.4, -0.2) is 6.04 Å². The van der Waals surface area contributed by atoms with E-state index in [0.717, 1.165) is 23.7 Å². The van der Waals surface area contributed by atoms with Crippen LogP contribution in [0.4, 0.5) is 0 Å². The van der Waals surface area contributed by atoms with Crippen molar-refractivity contribution in [2.45, 2.75) is 77.7 Å². The Bertz CT molecular complexity index is 261. The minimum atomic E-state index is 0.469. The first-order valence-corrected chi connectivity index (χ1v) is 8.34. The highest BCUT2D eigenvalue weighted by atomic mass is 14.7. The molecule has 0 spiro atoms. The fourth-order valence-corrected chi connectivity index (χ4v) is 5.86. The maximum Gasteiger partial charge on any atom is 0.00466 e. The third-order valence-corrected chi connectivity index (χ3v) is 6.26. The van der Waals surface area contributed by atoms with Crippen LogP contribution in [0.5, 0.6) is 0 Å². The highest BCUT2D eigenvalue weighted by molar-refractivity contribution is 5.02. The molecule has 18 heavy (non-hydrogen) atoms. The molecule has 0 amide bonds. The first kappa shape index (κ1) is 13.0. The third kappa shape index (κ3) is 2.48. The average Bonchev–Trinajstić information content (AvgIpc) is 2.25. The quantitative estimate of drug-likeness (QED) is 0.770. The van der Waals surface area contributed by atoms with Gasteiger partial charge in [-0.15, -0.1) is 0 Å². The van der Waals surface area contributed by atoms with Crippen LogP contribution in [0.1, 0.15) is 71.6 Å².